The van der Waals surface area contributed by atoms with Crippen LogP contribution in [-0.4, -0.2) is 14.9 Å². The molecule has 2 rings (SSSR count). The van der Waals surface area contributed by atoms with E-state index >= 15 is 0 Å². The number of aromatic nitrogens is 2. The first kappa shape index (κ1) is 13.5. The summed E-state index contributed by atoms with van der Waals surface area (Å²) in [6, 6.07) is 8.24. The second-order valence-electron chi connectivity index (χ2n) is 4.14. The van der Waals surface area contributed by atoms with Gasteiger partial charge in [-0.2, -0.15) is 5.10 Å². The first-order valence-electron chi connectivity index (χ1n) is 5.88. The highest BCUT2D eigenvalue weighted by Crippen LogP contribution is 2.02. The Morgan fingerprint density at radius 2 is 1.89 bits per heavy atom. The monoisotopic (exact) mass is 278 g/mol. The summed E-state index contributed by atoms with van der Waals surface area (Å²) in [6.45, 7) is 1.14. The lowest BCUT2D eigenvalue weighted by molar-refractivity contribution is 0.626. The zero-order valence-electron chi connectivity index (χ0n) is 10.6. The predicted molar refractivity (Wildman–Crippen MR) is 75.9 cm³/mol. The molecule has 0 bridgehead atoms. The molecular weight excluding hydrogens is 263 g/mol. The Labute approximate surface area is 116 Å². The summed E-state index contributed by atoms with van der Waals surface area (Å²) in [5.74, 6) is -0.236. The highest BCUT2D eigenvalue weighted by Gasteiger charge is 2.00. The lowest BCUT2D eigenvalue weighted by atomic mass is 10.2. The van der Waals surface area contributed by atoms with Crippen molar-refractivity contribution in [2.75, 3.05) is 0 Å². The first-order valence-corrected chi connectivity index (χ1v) is 6.29. The number of nitrogens with zero attached hydrogens (tertiary/aromatic N) is 2. The molecule has 0 aliphatic rings. The van der Waals surface area contributed by atoms with Gasteiger partial charge in [0.1, 0.15) is 5.82 Å². The van der Waals surface area contributed by atoms with Gasteiger partial charge in [0.2, 0.25) is 0 Å². The molecule has 1 heterocycles. The molecule has 0 saturated carbocycles. The second-order valence-corrected chi connectivity index (χ2v) is 4.55. The van der Waals surface area contributed by atoms with Crippen LogP contribution in [0, 0.1) is 5.82 Å². The van der Waals surface area contributed by atoms with Gasteiger partial charge in [-0.15, -0.1) is 0 Å². The minimum atomic E-state index is -0.236. The maximum atomic E-state index is 12.7. The van der Waals surface area contributed by atoms with E-state index in [-0.39, 0.29) is 5.82 Å². The standard InChI is InChI=1S/C13H15FN4S/c1-18-7-6-12(17-18)9-16-13(19)15-8-10-2-4-11(14)5-3-10/h2-7H,8-9H2,1H3,(H2,15,16,19). The van der Waals surface area contributed by atoms with Crippen LogP contribution in [0.3, 0.4) is 0 Å². The lowest BCUT2D eigenvalue weighted by Gasteiger charge is -2.09. The highest BCUT2D eigenvalue weighted by molar-refractivity contribution is 7.80. The normalized spacial score (nSPS) is 10.2. The van der Waals surface area contributed by atoms with Crippen LogP contribution < -0.4 is 10.6 Å². The van der Waals surface area contributed by atoms with Crippen LogP contribution in [0.25, 0.3) is 0 Å². The fraction of sp³-hybridized carbons (Fsp3) is 0.231. The molecule has 0 aliphatic heterocycles. The van der Waals surface area contributed by atoms with Crippen molar-refractivity contribution in [1.29, 1.82) is 0 Å². The summed E-state index contributed by atoms with van der Waals surface area (Å²) in [6.07, 6.45) is 1.88. The molecule has 2 aromatic rings. The zero-order chi connectivity index (χ0) is 13.7. The Kier molecular flexibility index (Phi) is 4.46. The van der Waals surface area contributed by atoms with Crippen molar-refractivity contribution >= 4 is 17.3 Å². The van der Waals surface area contributed by atoms with Crippen LogP contribution in [0.2, 0.25) is 0 Å². The third-order valence-electron chi connectivity index (χ3n) is 2.57. The molecule has 0 aliphatic carbocycles. The van der Waals surface area contributed by atoms with Crippen molar-refractivity contribution in [3.05, 3.63) is 53.6 Å². The molecule has 0 unspecified atom stereocenters. The van der Waals surface area contributed by atoms with Crippen molar-refractivity contribution in [2.24, 2.45) is 7.05 Å². The number of hydrogen-bond donors (Lipinski definition) is 2. The maximum absolute atomic E-state index is 12.7. The van der Waals surface area contributed by atoms with Gasteiger partial charge in [-0.3, -0.25) is 4.68 Å². The number of hydrogen-bond acceptors (Lipinski definition) is 2. The number of aryl methyl sites for hydroxylation is 1. The number of nitrogens with one attached hydrogen (secondary N) is 2. The number of halogens is 1. The van der Waals surface area contributed by atoms with E-state index in [1.165, 1.54) is 12.1 Å². The molecule has 0 spiro atoms. The Morgan fingerprint density at radius 1 is 1.21 bits per heavy atom. The van der Waals surface area contributed by atoms with Crippen LogP contribution in [0.15, 0.2) is 36.5 Å². The number of thiocarbonyl (C=S) groups is 1. The van der Waals surface area contributed by atoms with Gasteiger partial charge in [-0.25, -0.2) is 4.39 Å². The fourth-order valence-electron chi connectivity index (χ4n) is 1.58. The molecule has 0 atom stereocenters. The molecule has 1 aromatic carbocycles. The Bertz CT molecular complexity index is 550. The molecule has 0 radical (unpaired) electrons. The molecule has 2 N–H and O–H groups in total. The summed E-state index contributed by atoms with van der Waals surface area (Å²) in [4.78, 5) is 0. The van der Waals surface area contributed by atoms with Crippen LogP contribution in [0.5, 0.6) is 0 Å². The zero-order valence-corrected chi connectivity index (χ0v) is 11.4. The van der Waals surface area contributed by atoms with Crippen molar-refractivity contribution in [2.45, 2.75) is 13.1 Å². The van der Waals surface area contributed by atoms with Gasteiger partial charge in [-0.1, -0.05) is 12.1 Å². The van der Waals surface area contributed by atoms with E-state index in [0.717, 1.165) is 11.3 Å². The van der Waals surface area contributed by atoms with Crippen LogP contribution in [0.4, 0.5) is 4.39 Å². The molecule has 4 nitrogen and oxygen atoms in total. The molecule has 0 saturated heterocycles. The van der Waals surface area contributed by atoms with Crippen molar-refractivity contribution in [3.63, 3.8) is 0 Å². The van der Waals surface area contributed by atoms with E-state index < -0.39 is 0 Å². The molecule has 0 fully saturated rings. The lowest BCUT2D eigenvalue weighted by Crippen LogP contribution is -2.34. The third-order valence-corrected chi connectivity index (χ3v) is 2.85. The summed E-state index contributed by atoms with van der Waals surface area (Å²) in [7, 11) is 1.87. The fourth-order valence-corrected chi connectivity index (χ4v) is 1.72. The molecule has 1 aromatic heterocycles. The summed E-state index contributed by atoms with van der Waals surface area (Å²) >= 11 is 5.15. The first-order chi connectivity index (χ1) is 9.13. The molecule has 100 valence electrons. The van der Waals surface area contributed by atoms with E-state index in [9.17, 15) is 4.39 Å². The number of benzene rings is 1. The third kappa shape index (κ3) is 4.33. The minimum absolute atomic E-state index is 0.236. The SMILES string of the molecule is Cn1ccc(CNC(=S)NCc2ccc(F)cc2)n1. The van der Waals surface area contributed by atoms with Gasteiger partial charge in [-0.05, 0) is 36.0 Å². The van der Waals surface area contributed by atoms with E-state index in [1.807, 2.05) is 19.3 Å². The quantitative estimate of drug-likeness (QED) is 0.836. The Hall–Kier alpha value is -1.95. The van der Waals surface area contributed by atoms with Gasteiger partial charge >= 0.3 is 0 Å². The average Bonchev–Trinajstić information content (AvgIpc) is 2.81. The van der Waals surface area contributed by atoms with Gasteiger partial charge in [0, 0.05) is 19.8 Å². The van der Waals surface area contributed by atoms with Gasteiger partial charge in [0.15, 0.2) is 5.11 Å². The van der Waals surface area contributed by atoms with Crippen LogP contribution in [-0.2, 0) is 20.1 Å². The minimum Gasteiger partial charge on any atom is -0.359 e. The van der Waals surface area contributed by atoms with Crippen molar-refractivity contribution in [1.82, 2.24) is 20.4 Å². The van der Waals surface area contributed by atoms with E-state index in [4.69, 9.17) is 12.2 Å². The van der Waals surface area contributed by atoms with E-state index in [1.54, 1.807) is 16.8 Å². The largest absolute Gasteiger partial charge is 0.359 e. The summed E-state index contributed by atoms with van der Waals surface area (Å²) in [5.41, 5.74) is 1.90. The topological polar surface area (TPSA) is 41.9 Å². The Morgan fingerprint density at radius 3 is 2.53 bits per heavy atom. The number of rotatable bonds is 4. The highest BCUT2D eigenvalue weighted by atomic mass is 32.1. The Balaban J connectivity index is 1.74. The summed E-state index contributed by atoms with van der Waals surface area (Å²) < 4.78 is 14.5. The van der Waals surface area contributed by atoms with Gasteiger partial charge in [0.05, 0.1) is 12.2 Å². The summed E-state index contributed by atoms with van der Waals surface area (Å²) in [5, 5.41) is 10.9. The second kappa shape index (κ2) is 6.29. The molecule has 19 heavy (non-hydrogen) atoms. The van der Waals surface area contributed by atoms with Crippen molar-refractivity contribution in [3.8, 4) is 0 Å². The van der Waals surface area contributed by atoms with Crippen LogP contribution in [0.1, 0.15) is 11.3 Å². The van der Waals surface area contributed by atoms with Gasteiger partial charge < -0.3 is 10.6 Å². The molecular formula is C13H15FN4S. The van der Waals surface area contributed by atoms with E-state index in [0.29, 0.717) is 18.2 Å². The van der Waals surface area contributed by atoms with Crippen LogP contribution >= 0.6 is 12.2 Å². The van der Waals surface area contributed by atoms with Gasteiger partial charge in [0.25, 0.3) is 0 Å². The maximum Gasteiger partial charge on any atom is 0.166 e. The van der Waals surface area contributed by atoms with E-state index in [2.05, 4.69) is 15.7 Å². The molecule has 0 amide bonds. The smallest absolute Gasteiger partial charge is 0.166 e. The molecule has 6 heteroatoms. The predicted octanol–water partition coefficient (Wildman–Crippen LogP) is 1.72. The van der Waals surface area contributed by atoms with Crippen molar-refractivity contribution < 1.29 is 4.39 Å². The average molecular weight is 278 g/mol.